The second kappa shape index (κ2) is 4.15. The minimum absolute atomic E-state index is 0.241. The van der Waals surface area contributed by atoms with Gasteiger partial charge in [-0.05, 0) is 31.4 Å². The molecule has 0 aliphatic heterocycles. The molecule has 4 heteroatoms. The molecule has 16 heavy (non-hydrogen) atoms. The second-order valence-electron chi connectivity index (χ2n) is 3.98. The highest BCUT2D eigenvalue weighted by atomic mass is 35.5. The Morgan fingerprint density at radius 2 is 2.12 bits per heavy atom. The van der Waals surface area contributed by atoms with Crippen LogP contribution in [0.2, 0.25) is 5.02 Å². The van der Waals surface area contributed by atoms with Gasteiger partial charge in [-0.25, -0.2) is 0 Å². The van der Waals surface area contributed by atoms with Crippen molar-refractivity contribution >= 4 is 23.2 Å². The number of halogens is 1. The number of nitrogens with zero attached hydrogens (tertiary/aromatic N) is 1. The lowest BCUT2D eigenvalue weighted by atomic mass is 9.69. The number of nitriles is 1. The molecule has 1 aliphatic rings. The number of amides is 1. The van der Waals surface area contributed by atoms with E-state index in [0.717, 1.165) is 6.42 Å². The van der Waals surface area contributed by atoms with Gasteiger partial charge in [-0.2, -0.15) is 5.26 Å². The minimum Gasteiger partial charge on any atom is -0.323 e. The number of carbonyl (C=O) groups excluding carboxylic acids is 1. The molecule has 82 valence electrons. The number of benzene rings is 1. The van der Waals surface area contributed by atoms with Crippen LogP contribution in [0.1, 0.15) is 19.3 Å². The lowest BCUT2D eigenvalue weighted by Crippen LogP contribution is -2.40. The molecule has 1 aromatic carbocycles. The first-order valence-corrected chi connectivity index (χ1v) is 5.53. The molecule has 2 rings (SSSR count). The van der Waals surface area contributed by atoms with E-state index in [2.05, 4.69) is 11.4 Å². The zero-order valence-corrected chi connectivity index (χ0v) is 9.42. The van der Waals surface area contributed by atoms with Crippen LogP contribution < -0.4 is 5.32 Å². The van der Waals surface area contributed by atoms with Crippen molar-refractivity contribution in [1.29, 1.82) is 5.26 Å². The van der Waals surface area contributed by atoms with Gasteiger partial charge in [0, 0.05) is 0 Å². The Morgan fingerprint density at radius 1 is 1.44 bits per heavy atom. The predicted molar refractivity (Wildman–Crippen MR) is 62.0 cm³/mol. The predicted octanol–water partition coefficient (Wildman–Crippen LogP) is 2.97. The van der Waals surface area contributed by atoms with Crippen LogP contribution in [0.15, 0.2) is 24.3 Å². The molecular formula is C12H11ClN2O. The Kier molecular flexibility index (Phi) is 2.84. The van der Waals surface area contributed by atoms with E-state index >= 15 is 0 Å². The molecular weight excluding hydrogens is 224 g/mol. The highest BCUT2D eigenvalue weighted by molar-refractivity contribution is 6.33. The van der Waals surface area contributed by atoms with Crippen molar-refractivity contribution in [2.45, 2.75) is 19.3 Å². The molecule has 0 saturated heterocycles. The largest absolute Gasteiger partial charge is 0.323 e. The fourth-order valence-electron chi connectivity index (χ4n) is 1.72. The van der Waals surface area contributed by atoms with Gasteiger partial charge >= 0.3 is 0 Å². The topological polar surface area (TPSA) is 52.9 Å². The molecule has 0 aromatic heterocycles. The van der Waals surface area contributed by atoms with Gasteiger partial charge in [0.25, 0.3) is 0 Å². The van der Waals surface area contributed by atoms with E-state index in [-0.39, 0.29) is 5.91 Å². The van der Waals surface area contributed by atoms with E-state index in [1.165, 1.54) is 0 Å². The first-order chi connectivity index (χ1) is 7.68. The van der Waals surface area contributed by atoms with Crippen molar-refractivity contribution in [3.05, 3.63) is 29.3 Å². The molecule has 0 atom stereocenters. The molecule has 1 saturated carbocycles. The van der Waals surface area contributed by atoms with Crippen molar-refractivity contribution in [3.8, 4) is 6.07 Å². The Bertz CT molecular complexity index is 460. The number of carbonyl (C=O) groups is 1. The van der Waals surface area contributed by atoms with Crippen LogP contribution in [0.4, 0.5) is 5.69 Å². The molecule has 0 unspecified atom stereocenters. The number of anilines is 1. The average Bonchev–Trinajstić information content (AvgIpc) is 2.21. The summed E-state index contributed by atoms with van der Waals surface area (Å²) in [5, 5.41) is 12.2. The van der Waals surface area contributed by atoms with Crippen molar-refractivity contribution in [1.82, 2.24) is 0 Å². The zero-order valence-electron chi connectivity index (χ0n) is 8.66. The summed E-state index contributed by atoms with van der Waals surface area (Å²) >= 11 is 5.93. The molecule has 0 radical (unpaired) electrons. The minimum atomic E-state index is -0.834. The summed E-state index contributed by atoms with van der Waals surface area (Å²) in [4.78, 5) is 11.9. The van der Waals surface area contributed by atoms with E-state index in [4.69, 9.17) is 16.9 Å². The summed E-state index contributed by atoms with van der Waals surface area (Å²) in [5.41, 5.74) is -0.269. The SMILES string of the molecule is N#CC1(C(=O)Nc2ccccc2Cl)CCC1. The molecule has 1 aromatic rings. The highest BCUT2D eigenvalue weighted by Crippen LogP contribution is 2.41. The van der Waals surface area contributed by atoms with Crippen molar-refractivity contribution in [2.24, 2.45) is 5.41 Å². The van der Waals surface area contributed by atoms with Gasteiger partial charge in [-0.15, -0.1) is 0 Å². The maximum atomic E-state index is 11.9. The first kappa shape index (κ1) is 11.0. The van der Waals surface area contributed by atoms with Crippen LogP contribution in [0.3, 0.4) is 0 Å². The quantitative estimate of drug-likeness (QED) is 0.855. The smallest absolute Gasteiger partial charge is 0.244 e. The van der Waals surface area contributed by atoms with Crippen molar-refractivity contribution < 1.29 is 4.79 Å². The summed E-state index contributed by atoms with van der Waals surface area (Å²) in [7, 11) is 0. The highest BCUT2D eigenvalue weighted by Gasteiger charge is 2.44. The number of nitrogens with one attached hydrogen (secondary N) is 1. The Hall–Kier alpha value is -1.53. The normalized spacial score (nSPS) is 17.0. The van der Waals surface area contributed by atoms with Crippen LogP contribution >= 0.6 is 11.6 Å². The third kappa shape index (κ3) is 1.77. The Morgan fingerprint density at radius 3 is 2.62 bits per heavy atom. The van der Waals surface area contributed by atoms with Crippen LogP contribution in [0.25, 0.3) is 0 Å². The van der Waals surface area contributed by atoms with Crippen LogP contribution in [0, 0.1) is 16.7 Å². The molecule has 1 aliphatic carbocycles. The Balaban J connectivity index is 2.14. The summed E-state index contributed by atoms with van der Waals surface area (Å²) < 4.78 is 0. The van der Waals surface area contributed by atoms with E-state index in [1.807, 2.05) is 0 Å². The van der Waals surface area contributed by atoms with E-state index < -0.39 is 5.41 Å². The Labute approximate surface area is 99.0 Å². The van der Waals surface area contributed by atoms with Crippen LogP contribution in [-0.4, -0.2) is 5.91 Å². The lowest BCUT2D eigenvalue weighted by molar-refractivity contribution is -0.126. The number of para-hydroxylation sites is 1. The molecule has 0 spiro atoms. The second-order valence-corrected chi connectivity index (χ2v) is 4.39. The molecule has 0 heterocycles. The van der Waals surface area contributed by atoms with Gasteiger partial charge in [0.1, 0.15) is 5.41 Å². The molecule has 1 fully saturated rings. The van der Waals surface area contributed by atoms with Gasteiger partial charge < -0.3 is 5.32 Å². The van der Waals surface area contributed by atoms with Crippen molar-refractivity contribution in [3.63, 3.8) is 0 Å². The standard InChI is InChI=1S/C12H11ClN2O/c13-9-4-1-2-5-10(9)15-11(16)12(8-14)6-3-7-12/h1-2,4-5H,3,6-7H2,(H,15,16). The molecule has 0 bridgehead atoms. The van der Waals surface area contributed by atoms with Gasteiger partial charge in [0.2, 0.25) is 5.91 Å². The molecule has 1 N–H and O–H groups in total. The summed E-state index contributed by atoms with van der Waals surface area (Å²) in [5.74, 6) is -0.241. The lowest BCUT2D eigenvalue weighted by Gasteiger charge is -2.33. The number of rotatable bonds is 2. The summed E-state index contributed by atoms with van der Waals surface area (Å²) in [6.07, 6.45) is 2.21. The van der Waals surface area contributed by atoms with E-state index in [9.17, 15) is 4.79 Å². The van der Waals surface area contributed by atoms with Crippen molar-refractivity contribution in [2.75, 3.05) is 5.32 Å². The maximum Gasteiger partial charge on any atom is 0.244 e. The summed E-state index contributed by atoms with van der Waals surface area (Å²) in [6.45, 7) is 0. The van der Waals surface area contributed by atoms with E-state index in [0.29, 0.717) is 23.6 Å². The maximum absolute atomic E-state index is 11.9. The zero-order chi connectivity index (χ0) is 11.6. The fraction of sp³-hybridized carbons (Fsp3) is 0.333. The average molecular weight is 235 g/mol. The van der Waals surface area contributed by atoms with Gasteiger partial charge in [-0.1, -0.05) is 23.7 Å². The summed E-state index contributed by atoms with van der Waals surface area (Å²) in [6, 6.07) is 9.12. The van der Waals surface area contributed by atoms with Gasteiger partial charge in [0.05, 0.1) is 16.8 Å². The fourth-order valence-corrected chi connectivity index (χ4v) is 1.91. The molecule has 3 nitrogen and oxygen atoms in total. The number of hydrogen-bond acceptors (Lipinski definition) is 2. The van der Waals surface area contributed by atoms with Crippen LogP contribution in [-0.2, 0) is 4.79 Å². The monoisotopic (exact) mass is 234 g/mol. The van der Waals surface area contributed by atoms with Gasteiger partial charge in [-0.3, -0.25) is 4.79 Å². The van der Waals surface area contributed by atoms with E-state index in [1.54, 1.807) is 24.3 Å². The first-order valence-electron chi connectivity index (χ1n) is 5.15. The number of hydrogen-bond donors (Lipinski definition) is 1. The van der Waals surface area contributed by atoms with Gasteiger partial charge in [0.15, 0.2) is 0 Å². The third-order valence-electron chi connectivity index (χ3n) is 2.98. The van der Waals surface area contributed by atoms with Crippen LogP contribution in [0.5, 0.6) is 0 Å². The third-order valence-corrected chi connectivity index (χ3v) is 3.31. The molecule has 1 amide bonds.